The Bertz CT molecular complexity index is 585. The number of ether oxygens (including phenoxy) is 1. The number of benzene rings is 1. The molecule has 3 rings (SSSR count). The first kappa shape index (κ1) is 21.5. The maximum absolute atomic E-state index is 6.09. The molecular formula is C21H34IN3O. The molecule has 4 unspecified atom stereocenters. The van der Waals surface area contributed by atoms with Gasteiger partial charge in [-0.25, -0.2) is 0 Å². The summed E-state index contributed by atoms with van der Waals surface area (Å²) in [5, 5.41) is 7.12. The summed E-state index contributed by atoms with van der Waals surface area (Å²) in [5.74, 6) is 2.07. The van der Waals surface area contributed by atoms with E-state index in [-0.39, 0.29) is 29.4 Å². The summed E-state index contributed by atoms with van der Waals surface area (Å²) in [5.41, 5.74) is 1.60. The summed E-state index contributed by atoms with van der Waals surface area (Å²) < 4.78 is 6.09. The third-order valence-electron chi connectivity index (χ3n) is 5.39. The monoisotopic (exact) mass is 471 g/mol. The van der Waals surface area contributed by atoms with Gasteiger partial charge in [-0.1, -0.05) is 51.1 Å². The van der Waals surface area contributed by atoms with E-state index in [2.05, 4.69) is 66.7 Å². The van der Waals surface area contributed by atoms with Crippen molar-refractivity contribution in [2.75, 3.05) is 20.2 Å². The minimum Gasteiger partial charge on any atom is -0.377 e. The fourth-order valence-electron chi connectivity index (χ4n) is 4.03. The van der Waals surface area contributed by atoms with Crippen LogP contribution in [0.3, 0.4) is 0 Å². The molecule has 0 aromatic heterocycles. The van der Waals surface area contributed by atoms with E-state index in [1.165, 1.54) is 18.4 Å². The molecule has 1 saturated heterocycles. The van der Waals surface area contributed by atoms with Gasteiger partial charge >= 0.3 is 0 Å². The first-order chi connectivity index (χ1) is 12.0. The quantitative estimate of drug-likeness (QED) is 0.394. The van der Waals surface area contributed by atoms with Crippen LogP contribution in [0.15, 0.2) is 35.3 Å². The van der Waals surface area contributed by atoms with Crippen molar-refractivity contribution < 1.29 is 4.74 Å². The molecule has 4 atom stereocenters. The van der Waals surface area contributed by atoms with Crippen molar-refractivity contribution in [3.63, 3.8) is 0 Å². The van der Waals surface area contributed by atoms with Crippen LogP contribution in [-0.2, 0) is 4.74 Å². The van der Waals surface area contributed by atoms with Gasteiger partial charge in [0, 0.05) is 38.1 Å². The summed E-state index contributed by atoms with van der Waals surface area (Å²) in [6.07, 6.45) is 3.87. The minimum absolute atomic E-state index is 0. The number of guanidine groups is 1. The molecule has 5 heteroatoms. The molecule has 1 heterocycles. The lowest BCUT2D eigenvalue weighted by molar-refractivity contribution is -0.0835. The van der Waals surface area contributed by atoms with Gasteiger partial charge in [0.1, 0.15) is 0 Å². The van der Waals surface area contributed by atoms with Gasteiger partial charge < -0.3 is 15.4 Å². The average molecular weight is 471 g/mol. The molecule has 0 radical (unpaired) electrons. The van der Waals surface area contributed by atoms with Crippen LogP contribution in [-0.4, -0.2) is 38.3 Å². The van der Waals surface area contributed by atoms with Gasteiger partial charge in [-0.3, -0.25) is 4.99 Å². The third-order valence-corrected chi connectivity index (χ3v) is 5.39. The van der Waals surface area contributed by atoms with Crippen LogP contribution in [0.2, 0.25) is 0 Å². The molecule has 2 fully saturated rings. The Morgan fingerprint density at radius 3 is 2.62 bits per heavy atom. The van der Waals surface area contributed by atoms with Crippen LogP contribution >= 0.6 is 24.0 Å². The smallest absolute Gasteiger partial charge is 0.191 e. The average Bonchev–Trinajstić information content (AvgIpc) is 3.38. The second-order valence-electron chi connectivity index (χ2n) is 8.52. The molecule has 1 saturated carbocycles. The zero-order valence-corrected chi connectivity index (χ0v) is 18.8. The molecule has 1 aromatic carbocycles. The third kappa shape index (κ3) is 5.59. The van der Waals surface area contributed by atoms with Gasteiger partial charge in [0.15, 0.2) is 5.96 Å². The van der Waals surface area contributed by atoms with Crippen LogP contribution in [0.25, 0.3) is 0 Å². The van der Waals surface area contributed by atoms with Gasteiger partial charge in [-0.15, -0.1) is 24.0 Å². The second-order valence-corrected chi connectivity index (χ2v) is 8.52. The summed E-state index contributed by atoms with van der Waals surface area (Å²) in [6, 6.07) is 11.2. The standard InChI is InChI=1S/C21H33N3O.HI/c1-21(2,3)19-16(11-8-12-25-19)14-23-20(22-4)24-18-13-17(18)15-9-6-5-7-10-15;/h5-7,9-10,16-19H,8,11-14H2,1-4H3,(H2,22,23,24);1H. The number of hydrogen-bond acceptors (Lipinski definition) is 2. The van der Waals surface area contributed by atoms with Gasteiger partial charge in [0.2, 0.25) is 0 Å². The van der Waals surface area contributed by atoms with Crippen LogP contribution < -0.4 is 10.6 Å². The number of aliphatic imine (C=N–C) groups is 1. The Balaban J connectivity index is 0.00000243. The molecule has 1 aliphatic carbocycles. The van der Waals surface area contributed by atoms with E-state index in [1.807, 2.05) is 7.05 Å². The van der Waals surface area contributed by atoms with Crippen LogP contribution in [0, 0.1) is 11.3 Å². The van der Waals surface area contributed by atoms with E-state index in [1.54, 1.807) is 0 Å². The first-order valence-electron chi connectivity index (χ1n) is 9.63. The lowest BCUT2D eigenvalue weighted by Gasteiger charge is -2.40. The van der Waals surface area contributed by atoms with Crippen molar-refractivity contribution in [1.82, 2.24) is 10.6 Å². The van der Waals surface area contributed by atoms with E-state index < -0.39 is 0 Å². The highest BCUT2D eigenvalue weighted by Crippen LogP contribution is 2.40. The molecule has 4 nitrogen and oxygen atoms in total. The van der Waals surface area contributed by atoms with Gasteiger partial charge in [0.25, 0.3) is 0 Å². The van der Waals surface area contributed by atoms with E-state index in [0.29, 0.717) is 24.0 Å². The zero-order chi connectivity index (χ0) is 17.9. The Kier molecular flexibility index (Phi) is 7.76. The number of halogens is 1. The largest absolute Gasteiger partial charge is 0.377 e. The molecule has 0 bridgehead atoms. The van der Waals surface area contributed by atoms with Crippen LogP contribution in [0.1, 0.15) is 51.5 Å². The maximum Gasteiger partial charge on any atom is 0.191 e. The summed E-state index contributed by atoms with van der Waals surface area (Å²) in [7, 11) is 1.86. The van der Waals surface area contributed by atoms with Crippen molar-refractivity contribution in [1.29, 1.82) is 0 Å². The molecule has 2 N–H and O–H groups in total. The van der Waals surface area contributed by atoms with Gasteiger partial charge in [0.05, 0.1) is 6.10 Å². The maximum atomic E-state index is 6.09. The van der Waals surface area contributed by atoms with Crippen molar-refractivity contribution in [3.05, 3.63) is 35.9 Å². The van der Waals surface area contributed by atoms with Crippen molar-refractivity contribution in [2.45, 2.75) is 58.1 Å². The van der Waals surface area contributed by atoms with Crippen molar-refractivity contribution >= 4 is 29.9 Å². The van der Waals surface area contributed by atoms with Crippen molar-refractivity contribution in [2.24, 2.45) is 16.3 Å². The summed E-state index contributed by atoms with van der Waals surface area (Å²) in [6.45, 7) is 8.64. The van der Waals surface area contributed by atoms with E-state index >= 15 is 0 Å². The van der Waals surface area contributed by atoms with Crippen LogP contribution in [0.5, 0.6) is 0 Å². The van der Waals surface area contributed by atoms with E-state index in [9.17, 15) is 0 Å². The number of rotatable bonds is 4. The van der Waals surface area contributed by atoms with E-state index in [4.69, 9.17) is 4.74 Å². The molecule has 0 spiro atoms. The fourth-order valence-corrected chi connectivity index (χ4v) is 4.03. The molecule has 1 aromatic rings. The second kappa shape index (κ2) is 9.40. The lowest BCUT2D eigenvalue weighted by atomic mass is 9.78. The van der Waals surface area contributed by atoms with Gasteiger partial charge in [-0.2, -0.15) is 0 Å². The highest BCUT2D eigenvalue weighted by Gasteiger charge is 2.39. The fraction of sp³-hybridized carbons (Fsp3) is 0.667. The summed E-state index contributed by atoms with van der Waals surface area (Å²) >= 11 is 0. The molecular weight excluding hydrogens is 437 g/mol. The number of nitrogens with one attached hydrogen (secondary N) is 2. The number of hydrogen-bond donors (Lipinski definition) is 2. The molecule has 0 amide bonds. The first-order valence-corrected chi connectivity index (χ1v) is 9.63. The minimum atomic E-state index is 0. The Hall–Kier alpha value is -0.820. The highest BCUT2D eigenvalue weighted by atomic mass is 127. The molecule has 2 aliphatic rings. The lowest BCUT2D eigenvalue weighted by Crippen LogP contribution is -2.48. The Labute approximate surface area is 175 Å². The number of nitrogens with zero attached hydrogens (tertiary/aromatic N) is 1. The molecule has 146 valence electrons. The predicted octanol–water partition coefficient (Wildman–Crippen LogP) is 4.17. The van der Waals surface area contributed by atoms with Gasteiger partial charge in [-0.05, 0) is 30.2 Å². The van der Waals surface area contributed by atoms with E-state index in [0.717, 1.165) is 25.5 Å². The topological polar surface area (TPSA) is 45.7 Å². The molecule has 1 aliphatic heterocycles. The predicted molar refractivity (Wildman–Crippen MR) is 119 cm³/mol. The Morgan fingerprint density at radius 2 is 1.96 bits per heavy atom. The SMILES string of the molecule is CN=C(NCC1CCCOC1C(C)(C)C)NC1CC1c1ccccc1.I. The molecule has 26 heavy (non-hydrogen) atoms. The zero-order valence-electron chi connectivity index (χ0n) is 16.5. The van der Waals surface area contributed by atoms with Crippen molar-refractivity contribution in [3.8, 4) is 0 Å². The van der Waals surface area contributed by atoms with Crippen LogP contribution in [0.4, 0.5) is 0 Å². The normalized spacial score (nSPS) is 28.8. The Morgan fingerprint density at radius 1 is 1.23 bits per heavy atom. The summed E-state index contributed by atoms with van der Waals surface area (Å²) in [4.78, 5) is 4.42. The highest BCUT2D eigenvalue weighted by molar-refractivity contribution is 14.0.